The van der Waals surface area contributed by atoms with Crippen molar-refractivity contribution in [2.45, 2.75) is 38.2 Å². The molecule has 3 rings (SSSR count). The first-order chi connectivity index (χ1) is 11.0. The highest BCUT2D eigenvalue weighted by Gasteiger charge is 2.39. The molecule has 0 amide bonds. The molecule has 7 heteroatoms. The molecule has 0 radical (unpaired) electrons. The molecule has 0 atom stereocenters. The van der Waals surface area contributed by atoms with Gasteiger partial charge in [0.2, 0.25) is 11.9 Å². The van der Waals surface area contributed by atoms with Crippen LogP contribution in [0.1, 0.15) is 38.4 Å². The molecule has 1 spiro atoms. The molecule has 128 valence electrons. The second-order valence-electron chi connectivity index (χ2n) is 6.91. The van der Waals surface area contributed by atoms with Gasteiger partial charge >= 0.3 is 0 Å². The van der Waals surface area contributed by atoms with Gasteiger partial charge in [-0.15, -0.1) is 0 Å². The Morgan fingerprint density at radius 3 is 2.48 bits per heavy atom. The molecule has 23 heavy (non-hydrogen) atoms. The minimum absolute atomic E-state index is 0.112. The second-order valence-corrected chi connectivity index (χ2v) is 6.91. The van der Waals surface area contributed by atoms with E-state index in [-0.39, 0.29) is 11.5 Å². The summed E-state index contributed by atoms with van der Waals surface area (Å²) in [4.78, 5) is 18.1. The predicted molar refractivity (Wildman–Crippen MR) is 89.2 cm³/mol. The van der Waals surface area contributed by atoms with Crippen LogP contribution in [0, 0.1) is 0 Å². The van der Waals surface area contributed by atoms with Gasteiger partial charge in [0.25, 0.3) is 0 Å². The summed E-state index contributed by atoms with van der Waals surface area (Å²) in [6.07, 6.45) is 1.87. The van der Waals surface area contributed by atoms with Crippen LogP contribution in [0.15, 0.2) is 0 Å². The summed E-state index contributed by atoms with van der Waals surface area (Å²) in [5.41, 5.74) is -0.112. The first-order valence-corrected chi connectivity index (χ1v) is 8.39. The lowest BCUT2D eigenvalue weighted by molar-refractivity contribution is -0.116. The molecule has 0 aliphatic carbocycles. The van der Waals surface area contributed by atoms with Crippen LogP contribution in [0.3, 0.4) is 0 Å². The third kappa shape index (κ3) is 3.55. The number of anilines is 2. The standard InChI is InChI=1S/C16H27N5O2/c1-12(2)13-17-14(20(3)4)19-15(18-13)21-7-10-23-16(11-21)5-8-22-9-6-16/h12H,5-11H2,1-4H3. The van der Waals surface area contributed by atoms with Crippen molar-refractivity contribution in [2.24, 2.45) is 0 Å². The molecule has 2 aliphatic heterocycles. The molecule has 7 nitrogen and oxygen atoms in total. The quantitative estimate of drug-likeness (QED) is 0.835. The third-order valence-corrected chi connectivity index (χ3v) is 4.48. The zero-order chi connectivity index (χ0) is 16.4. The van der Waals surface area contributed by atoms with E-state index in [1.807, 2.05) is 19.0 Å². The Kier molecular flexibility index (Phi) is 4.68. The van der Waals surface area contributed by atoms with E-state index in [2.05, 4.69) is 28.7 Å². The molecule has 2 aliphatic rings. The molecule has 1 aromatic heterocycles. The smallest absolute Gasteiger partial charge is 0.230 e. The van der Waals surface area contributed by atoms with Crippen molar-refractivity contribution in [3.63, 3.8) is 0 Å². The number of morpholine rings is 1. The Balaban J connectivity index is 1.87. The van der Waals surface area contributed by atoms with Crippen molar-refractivity contribution in [3.8, 4) is 0 Å². The number of hydrogen-bond acceptors (Lipinski definition) is 7. The zero-order valence-electron chi connectivity index (χ0n) is 14.6. The summed E-state index contributed by atoms with van der Waals surface area (Å²) in [5, 5.41) is 0. The largest absolute Gasteiger partial charge is 0.381 e. The number of rotatable bonds is 3. The monoisotopic (exact) mass is 321 g/mol. The fourth-order valence-corrected chi connectivity index (χ4v) is 3.03. The number of aromatic nitrogens is 3. The van der Waals surface area contributed by atoms with E-state index in [0.29, 0.717) is 12.6 Å². The normalized spacial score (nSPS) is 21.0. The summed E-state index contributed by atoms with van der Waals surface area (Å²) in [7, 11) is 3.92. The van der Waals surface area contributed by atoms with Crippen molar-refractivity contribution in [2.75, 3.05) is 56.8 Å². The minimum atomic E-state index is -0.112. The van der Waals surface area contributed by atoms with E-state index in [1.165, 1.54) is 0 Å². The van der Waals surface area contributed by atoms with E-state index in [4.69, 9.17) is 14.5 Å². The molecule has 0 aromatic carbocycles. The summed E-state index contributed by atoms with van der Waals surface area (Å²) >= 11 is 0. The van der Waals surface area contributed by atoms with Crippen LogP contribution in [0.25, 0.3) is 0 Å². The van der Waals surface area contributed by atoms with Crippen LogP contribution in [0.4, 0.5) is 11.9 Å². The highest BCUT2D eigenvalue weighted by molar-refractivity contribution is 5.39. The molecule has 0 N–H and O–H groups in total. The molecule has 1 aromatic rings. The molecule has 0 saturated carbocycles. The SMILES string of the molecule is CC(C)c1nc(N(C)C)nc(N2CCOC3(CCOCC3)C2)n1. The maximum atomic E-state index is 6.11. The molecular formula is C16H27N5O2. The van der Waals surface area contributed by atoms with Gasteiger partial charge < -0.3 is 19.3 Å². The topological polar surface area (TPSA) is 63.6 Å². The number of hydrogen-bond donors (Lipinski definition) is 0. The van der Waals surface area contributed by atoms with Gasteiger partial charge in [-0.05, 0) is 0 Å². The van der Waals surface area contributed by atoms with Gasteiger partial charge in [-0.25, -0.2) is 0 Å². The predicted octanol–water partition coefficient (Wildman–Crippen LogP) is 1.45. The first kappa shape index (κ1) is 16.4. The van der Waals surface area contributed by atoms with Crippen LogP contribution in [-0.2, 0) is 9.47 Å². The maximum absolute atomic E-state index is 6.11. The lowest BCUT2D eigenvalue weighted by Crippen LogP contribution is -2.55. The Morgan fingerprint density at radius 2 is 1.83 bits per heavy atom. The molecule has 3 heterocycles. The summed E-state index contributed by atoms with van der Waals surface area (Å²) in [5.74, 6) is 2.59. The zero-order valence-corrected chi connectivity index (χ0v) is 14.6. The Morgan fingerprint density at radius 1 is 1.09 bits per heavy atom. The molecule has 2 saturated heterocycles. The summed E-state index contributed by atoms with van der Waals surface area (Å²) in [6.45, 7) is 8.11. The Hall–Kier alpha value is -1.47. The van der Waals surface area contributed by atoms with E-state index in [1.54, 1.807) is 0 Å². The van der Waals surface area contributed by atoms with Gasteiger partial charge in [-0.2, -0.15) is 15.0 Å². The minimum Gasteiger partial charge on any atom is -0.381 e. The number of ether oxygens (including phenoxy) is 2. The average molecular weight is 321 g/mol. The molecule has 2 fully saturated rings. The van der Waals surface area contributed by atoms with E-state index >= 15 is 0 Å². The highest BCUT2D eigenvalue weighted by atomic mass is 16.5. The Bertz CT molecular complexity index is 512. The fraction of sp³-hybridized carbons (Fsp3) is 0.812. The summed E-state index contributed by atoms with van der Waals surface area (Å²) in [6, 6.07) is 0. The van der Waals surface area contributed by atoms with Crippen LogP contribution in [0.2, 0.25) is 0 Å². The third-order valence-electron chi connectivity index (χ3n) is 4.48. The summed E-state index contributed by atoms with van der Waals surface area (Å²) < 4.78 is 11.6. The van der Waals surface area contributed by atoms with Crippen LogP contribution >= 0.6 is 0 Å². The van der Waals surface area contributed by atoms with Gasteiger partial charge in [-0.3, -0.25) is 0 Å². The van der Waals surface area contributed by atoms with Gasteiger partial charge in [0, 0.05) is 52.6 Å². The van der Waals surface area contributed by atoms with E-state index in [9.17, 15) is 0 Å². The fourth-order valence-electron chi connectivity index (χ4n) is 3.03. The van der Waals surface area contributed by atoms with Crippen molar-refractivity contribution >= 4 is 11.9 Å². The van der Waals surface area contributed by atoms with Crippen molar-refractivity contribution in [1.29, 1.82) is 0 Å². The lowest BCUT2D eigenvalue weighted by atomic mass is 9.92. The van der Waals surface area contributed by atoms with Crippen LogP contribution in [0.5, 0.6) is 0 Å². The van der Waals surface area contributed by atoms with Crippen LogP contribution < -0.4 is 9.80 Å². The molecule has 0 unspecified atom stereocenters. The van der Waals surface area contributed by atoms with Crippen molar-refractivity contribution in [3.05, 3.63) is 5.82 Å². The van der Waals surface area contributed by atoms with E-state index < -0.39 is 0 Å². The van der Waals surface area contributed by atoms with E-state index in [0.717, 1.165) is 50.9 Å². The lowest BCUT2D eigenvalue weighted by Gasteiger charge is -2.44. The molecule has 0 bridgehead atoms. The highest BCUT2D eigenvalue weighted by Crippen LogP contribution is 2.31. The Labute approximate surface area is 138 Å². The van der Waals surface area contributed by atoms with Crippen molar-refractivity contribution < 1.29 is 9.47 Å². The molecular weight excluding hydrogens is 294 g/mol. The van der Waals surface area contributed by atoms with Gasteiger partial charge in [0.1, 0.15) is 5.82 Å². The van der Waals surface area contributed by atoms with Gasteiger partial charge in [0.15, 0.2) is 0 Å². The van der Waals surface area contributed by atoms with Gasteiger partial charge in [-0.1, -0.05) is 13.8 Å². The van der Waals surface area contributed by atoms with Gasteiger partial charge in [0.05, 0.1) is 18.8 Å². The maximum Gasteiger partial charge on any atom is 0.230 e. The second kappa shape index (κ2) is 6.57. The van der Waals surface area contributed by atoms with Crippen LogP contribution in [-0.4, -0.2) is 67.6 Å². The average Bonchev–Trinajstić information content (AvgIpc) is 2.55. The number of nitrogens with zero attached hydrogens (tertiary/aromatic N) is 5. The van der Waals surface area contributed by atoms with Crippen molar-refractivity contribution in [1.82, 2.24) is 15.0 Å². The first-order valence-electron chi connectivity index (χ1n) is 8.39.